The molecule has 1 N–H and O–H groups in total. The molecule has 1 rings (SSSR count). The molecule has 3 nitrogen and oxygen atoms in total. The van der Waals surface area contributed by atoms with Gasteiger partial charge in [-0.1, -0.05) is 71.9 Å². The van der Waals surface area contributed by atoms with Crippen LogP contribution in [0.15, 0.2) is 30.3 Å². The molecule has 0 aliphatic rings. The Hall–Kier alpha value is 0.0469. The number of ether oxygens (including phenoxy) is 1. The van der Waals surface area contributed by atoms with Gasteiger partial charge in [-0.25, -0.2) is 0 Å². The average molecular weight is 478 g/mol. The zero-order valence-electron chi connectivity index (χ0n) is 16.8. The highest BCUT2D eigenvalue weighted by molar-refractivity contribution is 14.1. The van der Waals surface area contributed by atoms with Crippen LogP contribution in [0.2, 0.25) is 16.6 Å². The molecule has 2 unspecified atom stereocenters. The van der Waals surface area contributed by atoms with E-state index in [1.165, 1.54) is 0 Å². The number of aliphatic hydroxyl groups is 1. The summed E-state index contributed by atoms with van der Waals surface area (Å²) in [5.74, 6) is 0. The minimum atomic E-state index is -1.99. The van der Waals surface area contributed by atoms with Crippen LogP contribution < -0.4 is 0 Å². The fourth-order valence-corrected chi connectivity index (χ4v) is 9.67. The molecular formula is C20H35IO3Si. The molecule has 0 heterocycles. The van der Waals surface area contributed by atoms with Crippen LogP contribution in [0.3, 0.4) is 0 Å². The first-order valence-corrected chi connectivity index (χ1v) is 12.6. The van der Waals surface area contributed by atoms with Crippen molar-refractivity contribution < 1.29 is 14.3 Å². The van der Waals surface area contributed by atoms with Gasteiger partial charge in [0.15, 0.2) is 8.32 Å². The Labute approximate surface area is 168 Å². The lowest BCUT2D eigenvalue weighted by Gasteiger charge is -2.45. The molecule has 0 fully saturated rings. The smallest absolute Gasteiger partial charge is 0.200 e. The molecule has 2 atom stereocenters. The van der Waals surface area contributed by atoms with E-state index in [-0.39, 0.29) is 0 Å². The van der Waals surface area contributed by atoms with Crippen molar-refractivity contribution in [3.8, 4) is 0 Å². The summed E-state index contributed by atoms with van der Waals surface area (Å²) in [5.41, 5.74) is 1.91. The topological polar surface area (TPSA) is 38.7 Å². The van der Waals surface area contributed by atoms with E-state index in [4.69, 9.17) is 9.16 Å². The van der Waals surface area contributed by atoms with Crippen LogP contribution in [0.25, 0.3) is 0 Å². The van der Waals surface area contributed by atoms with Crippen molar-refractivity contribution in [2.75, 3.05) is 6.61 Å². The van der Waals surface area contributed by atoms with Gasteiger partial charge in [-0.3, -0.25) is 0 Å². The lowest BCUT2D eigenvalue weighted by molar-refractivity contribution is -0.108. The molecule has 0 aliphatic heterocycles. The molecular weight excluding hydrogens is 443 g/mol. The normalized spacial score (nSPS) is 16.5. The zero-order valence-corrected chi connectivity index (χ0v) is 19.9. The molecule has 0 radical (unpaired) electrons. The van der Waals surface area contributed by atoms with E-state index in [1.807, 2.05) is 59.8 Å². The quantitative estimate of drug-likeness (QED) is 0.258. The van der Waals surface area contributed by atoms with Crippen LogP contribution in [-0.2, 0) is 15.8 Å². The summed E-state index contributed by atoms with van der Waals surface area (Å²) in [6.45, 7) is 16.5. The molecule has 0 aromatic heterocycles. The summed E-state index contributed by atoms with van der Waals surface area (Å²) in [4.78, 5) is 0. The van der Waals surface area contributed by atoms with Crippen molar-refractivity contribution in [3.05, 3.63) is 35.9 Å². The van der Waals surface area contributed by atoms with Crippen molar-refractivity contribution in [2.45, 2.75) is 81.4 Å². The van der Waals surface area contributed by atoms with Crippen molar-refractivity contribution in [2.24, 2.45) is 0 Å². The Balaban J connectivity index is 2.91. The van der Waals surface area contributed by atoms with Crippen molar-refractivity contribution in [1.82, 2.24) is 0 Å². The van der Waals surface area contributed by atoms with Crippen LogP contribution in [0.1, 0.15) is 54.0 Å². The monoisotopic (exact) mass is 478 g/mol. The average Bonchev–Trinajstić information content (AvgIpc) is 2.53. The van der Waals surface area contributed by atoms with E-state index in [0.717, 1.165) is 5.56 Å². The third-order valence-corrected chi connectivity index (χ3v) is 12.6. The Morgan fingerprint density at radius 2 is 1.48 bits per heavy atom. The summed E-state index contributed by atoms with van der Waals surface area (Å²) in [6.07, 6.45) is 0. The molecule has 1 aromatic carbocycles. The van der Waals surface area contributed by atoms with Crippen LogP contribution in [0, 0.1) is 0 Å². The minimum Gasteiger partial charge on any atom is -0.413 e. The lowest BCUT2D eigenvalue weighted by Crippen LogP contribution is -2.53. The Morgan fingerprint density at radius 1 is 1.00 bits per heavy atom. The van der Waals surface area contributed by atoms with Gasteiger partial charge in [0.2, 0.25) is 0 Å². The molecule has 0 saturated carbocycles. The van der Waals surface area contributed by atoms with Gasteiger partial charge in [-0.15, -0.1) is 0 Å². The third kappa shape index (κ3) is 5.76. The van der Waals surface area contributed by atoms with Gasteiger partial charge in [0.1, 0.15) is 9.71 Å². The predicted molar refractivity (Wildman–Crippen MR) is 117 cm³/mol. The highest BCUT2D eigenvalue weighted by atomic mass is 127. The van der Waals surface area contributed by atoms with Crippen molar-refractivity contribution in [1.29, 1.82) is 0 Å². The first-order chi connectivity index (χ1) is 11.6. The SMILES string of the molecule is CC(C)[Si](OCC(C)(OCc1ccccc1)C(O)I)(C(C)C)C(C)C. The van der Waals surface area contributed by atoms with E-state index in [0.29, 0.717) is 29.8 Å². The molecule has 144 valence electrons. The van der Waals surface area contributed by atoms with Crippen molar-refractivity contribution in [3.63, 3.8) is 0 Å². The molecule has 0 aliphatic carbocycles. The van der Waals surface area contributed by atoms with Gasteiger partial charge < -0.3 is 14.3 Å². The minimum absolute atomic E-state index is 0.421. The molecule has 25 heavy (non-hydrogen) atoms. The number of aliphatic hydroxyl groups excluding tert-OH is 1. The predicted octanol–water partition coefficient (Wildman–Crippen LogP) is 5.91. The maximum Gasteiger partial charge on any atom is 0.200 e. The third-order valence-electron chi connectivity index (χ3n) is 5.23. The standard InChI is InChI=1S/C20H35IO3Si/c1-15(2)25(16(3)4,17(5)6)24-14-20(7,19(21)22)23-13-18-11-9-8-10-12-18/h8-12,15-17,19,22H,13-14H2,1-7H3. The van der Waals surface area contributed by atoms with Gasteiger partial charge >= 0.3 is 0 Å². The van der Waals surface area contributed by atoms with Crippen LogP contribution in [-0.4, -0.2) is 29.7 Å². The van der Waals surface area contributed by atoms with E-state index >= 15 is 0 Å². The van der Waals surface area contributed by atoms with Gasteiger partial charge in [0.25, 0.3) is 0 Å². The fourth-order valence-electron chi connectivity index (χ4n) is 3.77. The lowest BCUT2D eigenvalue weighted by atomic mass is 10.1. The summed E-state index contributed by atoms with van der Waals surface area (Å²) < 4.78 is 12.2. The first-order valence-electron chi connectivity index (χ1n) is 9.20. The second-order valence-electron chi connectivity index (χ2n) is 8.03. The molecule has 1 aromatic rings. The summed E-state index contributed by atoms with van der Waals surface area (Å²) in [7, 11) is -1.99. The second kappa shape index (κ2) is 9.83. The van der Waals surface area contributed by atoms with E-state index in [9.17, 15) is 5.11 Å². The fraction of sp³-hybridized carbons (Fsp3) is 0.700. The number of hydrogen-bond acceptors (Lipinski definition) is 3. The summed E-state index contributed by atoms with van der Waals surface area (Å²) in [5, 5.41) is 10.4. The van der Waals surface area contributed by atoms with Crippen molar-refractivity contribution >= 4 is 30.9 Å². The summed E-state index contributed by atoms with van der Waals surface area (Å²) >= 11 is 2.03. The number of halogens is 1. The van der Waals surface area contributed by atoms with Gasteiger partial charge in [0.05, 0.1) is 13.2 Å². The van der Waals surface area contributed by atoms with Gasteiger partial charge in [-0.05, 0) is 51.7 Å². The largest absolute Gasteiger partial charge is 0.413 e. The van der Waals surface area contributed by atoms with Gasteiger partial charge in [0, 0.05) is 0 Å². The second-order valence-corrected chi connectivity index (χ2v) is 14.7. The Morgan fingerprint density at radius 3 is 1.88 bits per heavy atom. The van der Waals surface area contributed by atoms with Gasteiger partial charge in [-0.2, -0.15) is 0 Å². The Kier molecular flexibility index (Phi) is 9.08. The van der Waals surface area contributed by atoms with E-state index in [1.54, 1.807) is 0 Å². The molecule has 0 amide bonds. The maximum atomic E-state index is 10.4. The molecule has 0 spiro atoms. The first kappa shape index (κ1) is 23.1. The van der Waals surface area contributed by atoms with Crippen LogP contribution in [0.4, 0.5) is 0 Å². The maximum absolute atomic E-state index is 10.4. The zero-order chi connectivity index (χ0) is 19.3. The number of rotatable bonds is 10. The molecule has 0 bridgehead atoms. The number of benzene rings is 1. The summed E-state index contributed by atoms with van der Waals surface area (Å²) in [6, 6.07) is 10.1. The van der Waals surface area contributed by atoms with Crippen LogP contribution >= 0.6 is 22.6 Å². The van der Waals surface area contributed by atoms with E-state index in [2.05, 4.69) is 41.5 Å². The Bertz CT molecular complexity index is 483. The molecule has 0 saturated heterocycles. The number of alkyl halides is 1. The highest BCUT2D eigenvalue weighted by Crippen LogP contribution is 2.43. The van der Waals surface area contributed by atoms with E-state index < -0.39 is 18.0 Å². The van der Waals surface area contributed by atoms with Crippen LogP contribution in [0.5, 0.6) is 0 Å². The molecule has 5 heteroatoms. The highest BCUT2D eigenvalue weighted by Gasteiger charge is 2.47. The number of hydrogen-bond donors (Lipinski definition) is 1.